The molecule has 0 bridgehead atoms. The molecule has 1 saturated carbocycles. The lowest BCUT2D eigenvalue weighted by Gasteiger charge is -2.23. The number of nitro groups is 1. The molecule has 19 heavy (non-hydrogen) atoms. The van der Waals surface area contributed by atoms with Crippen LogP contribution in [0.15, 0.2) is 0 Å². The Bertz CT molecular complexity index is 487. The number of aryl methyl sites for hydroxylation is 1. The van der Waals surface area contributed by atoms with Crippen LogP contribution in [0.5, 0.6) is 0 Å². The normalized spacial score (nSPS) is 14.4. The molecule has 7 heteroatoms. The van der Waals surface area contributed by atoms with Gasteiger partial charge in [-0.2, -0.15) is 4.98 Å². The first-order chi connectivity index (χ1) is 9.04. The van der Waals surface area contributed by atoms with E-state index < -0.39 is 4.92 Å². The topological polar surface area (TPSA) is 98.2 Å². The first-order valence-electron chi connectivity index (χ1n) is 6.59. The number of nitrogens with zero attached hydrogens (tertiary/aromatic N) is 4. The summed E-state index contributed by atoms with van der Waals surface area (Å²) in [5.41, 5.74) is 5.96. The Labute approximate surface area is 112 Å². The number of aromatic nitrogens is 2. The second-order valence-corrected chi connectivity index (χ2v) is 4.87. The summed E-state index contributed by atoms with van der Waals surface area (Å²) in [5, 5.41) is 11.2. The molecule has 2 N–H and O–H groups in total. The highest BCUT2D eigenvalue weighted by atomic mass is 16.6. The second kappa shape index (κ2) is 5.38. The summed E-state index contributed by atoms with van der Waals surface area (Å²) < 4.78 is 0. The van der Waals surface area contributed by atoms with E-state index in [1.165, 1.54) is 0 Å². The van der Waals surface area contributed by atoms with Gasteiger partial charge in [0.2, 0.25) is 11.8 Å². The van der Waals surface area contributed by atoms with Crippen molar-refractivity contribution >= 4 is 17.5 Å². The molecule has 0 aromatic carbocycles. The summed E-state index contributed by atoms with van der Waals surface area (Å²) in [6.07, 6.45) is 4.14. The average Bonchev–Trinajstić information content (AvgIpc) is 3.12. The Kier molecular flexibility index (Phi) is 3.82. The van der Waals surface area contributed by atoms with Gasteiger partial charge in [0.15, 0.2) is 0 Å². The van der Waals surface area contributed by atoms with Crippen molar-refractivity contribution in [2.45, 2.75) is 45.6 Å². The number of anilines is 2. The lowest BCUT2D eigenvalue weighted by molar-refractivity contribution is -0.385. The van der Waals surface area contributed by atoms with E-state index in [0.717, 1.165) is 32.2 Å². The lowest BCUT2D eigenvalue weighted by atomic mass is 10.2. The number of rotatable bonds is 6. The quantitative estimate of drug-likeness (QED) is 0.624. The second-order valence-electron chi connectivity index (χ2n) is 4.87. The highest BCUT2D eigenvalue weighted by molar-refractivity contribution is 5.63. The van der Waals surface area contributed by atoms with E-state index in [9.17, 15) is 10.1 Å². The van der Waals surface area contributed by atoms with Gasteiger partial charge in [0.25, 0.3) is 0 Å². The van der Waals surface area contributed by atoms with E-state index in [1.807, 2.05) is 4.90 Å². The summed E-state index contributed by atoms with van der Waals surface area (Å²) in [6, 6.07) is 0.360. The Morgan fingerprint density at radius 2 is 2.16 bits per heavy atom. The van der Waals surface area contributed by atoms with Gasteiger partial charge in [-0.1, -0.05) is 13.3 Å². The molecule has 1 heterocycles. The van der Waals surface area contributed by atoms with Crippen molar-refractivity contribution in [3.05, 3.63) is 15.8 Å². The van der Waals surface area contributed by atoms with Crippen molar-refractivity contribution in [1.29, 1.82) is 0 Å². The van der Waals surface area contributed by atoms with E-state index in [1.54, 1.807) is 6.92 Å². The molecule has 0 spiro atoms. The molecule has 1 aromatic heterocycles. The predicted octanol–water partition coefficient (Wildman–Crippen LogP) is 2.04. The van der Waals surface area contributed by atoms with Crippen molar-refractivity contribution in [3.8, 4) is 0 Å². The Morgan fingerprint density at radius 1 is 1.47 bits per heavy atom. The molecule has 0 unspecified atom stereocenters. The van der Waals surface area contributed by atoms with Crippen molar-refractivity contribution < 1.29 is 4.92 Å². The van der Waals surface area contributed by atoms with Gasteiger partial charge in [-0.15, -0.1) is 0 Å². The third-order valence-electron chi connectivity index (χ3n) is 3.25. The first kappa shape index (κ1) is 13.5. The molecule has 0 aliphatic heterocycles. The molecule has 1 aliphatic rings. The van der Waals surface area contributed by atoms with Crippen molar-refractivity contribution in [1.82, 2.24) is 9.97 Å². The van der Waals surface area contributed by atoms with Crippen LogP contribution >= 0.6 is 0 Å². The maximum absolute atomic E-state index is 11.2. The summed E-state index contributed by atoms with van der Waals surface area (Å²) in [6.45, 7) is 4.47. The zero-order chi connectivity index (χ0) is 14.0. The molecule has 104 valence electrons. The molecule has 0 radical (unpaired) electrons. The van der Waals surface area contributed by atoms with E-state index in [0.29, 0.717) is 17.6 Å². The van der Waals surface area contributed by atoms with E-state index in [4.69, 9.17) is 5.73 Å². The van der Waals surface area contributed by atoms with E-state index >= 15 is 0 Å². The van der Waals surface area contributed by atoms with Crippen LogP contribution in [0.3, 0.4) is 0 Å². The third kappa shape index (κ3) is 2.91. The smallest absolute Gasteiger partial charge is 0.332 e. The minimum Gasteiger partial charge on any atom is -0.368 e. The van der Waals surface area contributed by atoms with Crippen LogP contribution < -0.4 is 10.6 Å². The third-order valence-corrected chi connectivity index (χ3v) is 3.25. The molecule has 1 aliphatic carbocycles. The van der Waals surface area contributed by atoms with Crippen LogP contribution in [0.25, 0.3) is 0 Å². The summed E-state index contributed by atoms with van der Waals surface area (Å²) in [7, 11) is 0. The number of nitrogens with two attached hydrogens (primary N) is 1. The Hall–Kier alpha value is -1.92. The molecule has 1 fully saturated rings. The molecule has 7 nitrogen and oxygen atoms in total. The molecular weight excluding hydrogens is 246 g/mol. The van der Waals surface area contributed by atoms with Crippen LogP contribution in [0.4, 0.5) is 17.5 Å². The van der Waals surface area contributed by atoms with Gasteiger partial charge in [0.05, 0.1) is 4.92 Å². The van der Waals surface area contributed by atoms with E-state index in [2.05, 4.69) is 16.9 Å². The van der Waals surface area contributed by atoms with Crippen molar-refractivity contribution in [2.75, 3.05) is 17.2 Å². The average molecular weight is 265 g/mol. The van der Waals surface area contributed by atoms with Gasteiger partial charge in [-0.25, -0.2) is 4.98 Å². The zero-order valence-electron chi connectivity index (χ0n) is 11.3. The number of hydrogen-bond acceptors (Lipinski definition) is 6. The van der Waals surface area contributed by atoms with E-state index in [-0.39, 0.29) is 11.6 Å². The molecule has 1 aromatic rings. The Morgan fingerprint density at radius 3 is 2.68 bits per heavy atom. The largest absolute Gasteiger partial charge is 0.368 e. The van der Waals surface area contributed by atoms with Gasteiger partial charge in [0.1, 0.15) is 5.69 Å². The Balaban J connectivity index is 2.42. The zero-order valence-corrected chi connectivity index (χ0v) is 11.3. The fourth-order valence-electron chi connectivity index (χ4n) is 2.16. The number of unbranched alkanes of at least 4 members (excludes halogenated alkanes) is 1. The minimum absolute atomic E-state index is 0.0165. The fraction of sp³-hybridized carbons (Fsp3) is 0.667. The number of hydrogen-bond donors (Lipinski definition) is 1. The molecule has 0 atom stereocenters. The molecule has 0 saturated heterocycles. The first-order valence-corrected chi connectivity index (χ1v) is 6.59. The van der Waals surface area contributed by atoms with Gasteiger partial charge in [-0.3, -0.25) is 10.1 Å². The van der Waals surface area contributed by atoms with Crippen molar-refractivity contribution in [2.24, 2.45) is 0 Å². The lowest BCUT2D eigenvalue weighted by Crippen LogP contribution is -2.29. The molecule has 0 amide bonds. The summed E-state index contributed by atoms with van der Waals surface area (Å²) in [5.74, 6) is 0.478. The predicted molar refractivity (Wildman–Crippen MR) is 73.1 cm³/mol. The number of nitrogen functional groups attached to an aromatic ring is 1. The monoisotopic (exact) mass is 265 g/mol. The summed E-state index contributed by atoms with van der Waals surface area (Å²) in [4.78, 5) is 20.9. The van der Waals surface area contributed by atoms with Gasteiger partial charge in [-0.05, 0) is 26.2 Å². The highest BCUT2D eigenvalue weighted by Gasteiger charge is 2.35. The maximum Gasteiger partial charge on any atom is 0.332 e. The molecular formula is C12H19N5O2. The van der Waals surface area contributed by atoms with Gasteiger partial charge < -0.3 is 10.6 Å². The van der Waals surface area contributed by atoms with Crippen LogP contribution in [0.1, 0.15) is 38.3 Å². The fourth-order valence-corrected chi connectivity index (χ4v) is 2.16. The van der Waals surface area contributed by atoms with Crippen LogP contribution in [-0.2, 0) is 0 Å². The SMILES string of the molecule is CCCCN(c1nc(N)nc(C)c1[N+](=O)[O-])C1CC1. The molecule has 2 rings (SSSR count). The van der Waals surface area contributed by atoms with Gasteiger partial charge in [0, 0.05) is 12.6 Å². The standard InChI is InChI=1S/C12H19N5O2/c1-3-4-7-16(9-5-6-9)11-10(17(18)19)8(2)14-12(13)15-11/h9H,3-7H2,1-2H3,(H2,13,14,15). The van der Waals surface area contributed by atoms with Crippen LogP contribution in [-0.4, -0.2) is 27.5 Å². The highest BCUT2D eigenvalue weighted by Crippen LogP contribution is 2.37. The van der Waals surface area contributed by atoms with Gasteiger partial charge >= 0.3 is 5.69 Å². The summed E-state index contributed by atoms with van der Waals surface area (Å²) >= 11 is 0. The maximum atomic E-state index is 11.2. The van der Waals surface area contributed by atoms with Crippen LogP contribution in [0, 0.1) is 17.0 Å². The minimum atomic E-state index is -0.411. The van der Waals surface area contributed by atoms with Crippen LogP contribution in [0.2, 0.25) is 0 Å². The van der Waals surface area contributed by atoms with Crippen molar-refractivity contribution in [3.63, 3.8) is 0 Å².